The van der Waals surface area contributed by atoms with Gasteiger partial charge in [0.25, 0.3) is 0 Å². The molecule has 23 heavy (non-hydrogen) atoms. The standard InChI is InChI=1S/C19H31N3O/c1-3-22(15-18-7-5-4-6-8-18)19(23)16-21-13-10-17(11-14-21)9-12-20-2/h4-8,17,20H,3,9-16H2,1-2H3. The van der Waals surface area contributed by atoms with E-state index in [0.717, 1.165) is 38.6 Å². The van der Waals surface area contributed by atoms with Crippen LogP contribution in [-0.2, 0) is 11.3 Å². The van der Waals surface area contributed by atoms with Crippen molar-refractivity contribution in [3.8, 4) is 0 Å². The summed E-state index contributed by atoms with van der Waals surface area (Å²) in [7, 11) is 2.01. The Labute approximate surface area is 140 Å². The van der Waals surface area contributed by atoms with Crippen LogP contribution < -0.4 is 5.32 Å². The number of rotatable bonds is 8. The summed E-state index contributed by atoms with van der Waals surface area (Å²) in [5.41, 5.74) is 1.20. The minimum absolute atomic E-state index is 0.255. The van der Waals surface area contributed by atoms with Gasteiger partial charge in [0.2, 0.25) is 5.91 Å². The van der Waals surface area contributed by atoms with Crippen LogP contribution in [0.3, 0.4) is 0 Å². The number of nitrogens with zero attached hydrogens (tertiary/aromatic N) is 2. The van der Waals surface area contributed by atoms with Crippen molar-refractivity contribution in [2.45, 2.75) is 32.7 Å². The van der Waals surface area contributed by atoms with E-state index < -0.39 is 0 Å². The molecule has 1 fully saturated rings. The number of likely N-dealkylation sites (tertiary alicyclic amines) is 1. The summed E-state index contributed by atoms with van der Waals surface area (Å²) >= 11 is 0. The number of amides is 1. The zero-order valence-electron chi connectivity index (χ0n) is 14.6. The van der Waals surface area contributed by atoms with E-state index in [4.69, 9.17) is 0 Å². The molecule has 0 aromatic heterocycles. The van der Waals surface area contributed by atoms with Crippen molar-refractivity contribution in [1.82, 2.24) is 15.1 Å². The van der Waals surface area contributed by atoms with Crippen molar-refractivity contribution in [3.05, 3.63) is 35.9 Å². The second-order valence-corrected chi connectivity index (χ2v) is 6.51. The summed E-state index contributed by atoms with van der Waals surface area (Å²) in [5, 5.41) is 3.23. The van der Waals surface area contributed by atoms with E-state index in [1.165, 1.54) is 24.8 Å². The Balaban J connectivity index is 1.77. The van der Waals surface area contributed by atoms with Crippen molar-refractivity contribution >= 4 is 5.91 Å². The van der Waals surface area contributed by atoms with Crippen LogP contribution in [0.25, 0.3) is 0 Å². The van der Waals surface area contributed by atoms with E-state index in [0.29, 0.717) is 6.54 Å². The van der Waals surface area contributed by atoms with Crippen LogP contribution in [0.15, 0.2) is 30.3 Å². The molecule has 0 aliphatic carbocycles. The Morgan fingerprint density at radius 3 is 2.57 bits per heavy atom. The summed E-state index contributed by atoms with van der Waals surface area (Å²) < 4.78 is 0. The molecule has 0 bridgehead atoms. The predicted octanol–water partition coefficient (Wildman–Crippen LogP) is 2.36. The normalized spacial score (nSPS) is 16.4. The van der Waals surface area contributed by atoms with Gasteiger partial charge in [0.15, 0.2) is 0 Å². The van der Waals surface area contributed by atoms with Crippen LogP contribution in [0.1, 0.15) is 31.7 Å². The van der Waals surface area contributed by atoms with E-state index in [1.807, 2.05) is 30.1 Å². The average molecular weight is 317 g/mol. The molecule has 1 aromatic carbocycles. The summed E-state index contributed by atoms with van der Waals surface area (Å²) in [4.78, 5) is 16.9. The first-order valence-corrected chi connectivity index (χ1v) is 8.91. The van der Waals surface area contributed by atoms with Crippen molar-refractivity contribution < 1.29 is 4.79 Å². The maximum Gasteiger partial charge on any atom is 0.237 e. The number of hydrogen-bond acceptors (Lipinski definition) is 3. The molecule has 4 heteroatoms. The second kappa shape index (κ2) is 9.68. The lowest BCUT2D eigenvalue weighted by Crippen LogP contribution is -2.43. The van der Waals surface area contributed by atoms with Crippen molar-refractivity contribution in [2.24, 2.45) is 5.92 Å². The molecule has 1 saturated heterocycles. The van der Waals surface area contributed by atoms with E-state index >= 15 is 0 Å². The average Bonchev–Trinajstić information content (AvgIpc) is 2.60. The summed E-state index contributed by atoms with van der Waals surface area (Å²) in [6.07, 6.45) is 3.70. The number of carbonyl (C=O) groups is 1. The van der Waals surface area contributed by atoms with Gasteiger partial charge in [-0.05, 0) is 64.3 Å². The zero-order chi connectivity index (χ0) is 16.5. The van der Waals surface area contributed by atoms with Gasteiger partial charge in [0.05, 0.1) is 6.54 Å². The summed E-state index contributed by atoms with van der Waals surface area (Å²) in [6.45, 7) is 7.34. The monoisotopic (exact) mass is 317 g/mol. The minimum atomic E-state index is 0.255. The molecule has 128 valence electrons. The molecule has 1 N–H and O–H groups in total. The maximum absolute atomic E-state index is 12.6. The van der Waals surface area contributed by atoms with Crippen molar-refractivity contribution in [2.75, 3.05) is 39.8 Å². The van der Waals surface area contributed by atoms with Crippen LogP contribution in [0.5, 0.6) is 0 Å². The number of hydrogen-bond donors (Lipinski definition) is 1. The van der Waals surface area contributed by atoms with Crippen LogP contribution >= 0.6 is 0 Å². The highest BCUT2D eigenvalue weighted by Crippen LogP contribution is 2.20. The van der Waals surface area contributed by atoms with Gasteiger partial charge >= 0.3 is 0 Å². The first-order valence-electron chi connectivity index (χ1n) is 8.91. The Bertz CT molecular complexity index is 455. The van der Waals surface area contributed by atoms with Crippen LogP contribution in [-0.4, -0.2) is 55.5 Å². The molecular formula is C19H31N3O. The molecule has 0 atom stereocenters. The Kier molecular flexibility index (Phi) is 7.56. The lowest BCUT2D eigenvalue weighted by atomic mass is 9.93. The quantitative estimate of drug-likeness (QED) is 0.799. The number of carbonyl (C=O) groups excluding carboxylic acids is 1. The smallest absolute Gasteiger partial charge is 0.237 e. The molecule has 1 heterocycles. The minimum Gasteiger partial charge on any atom is -0.338 e. The van der Waals surface area contributed by atoms with Gasteiger partial charge in [0, 0.05) is 13.1 Å². The first-order chi connectivity index (χ1) is 11.2. The number of piperidine rings is 1. The van der Waals surface area contributed by atoms with Gasteiger partial charge < -0.3 is 10.2 Å². The molecule has 0 saturated carbocycles. The highest BCUT2D eigenvalue weighted by Gasteiger charge is 2.22. The summed E-state index contributed by atoms with van der Waals surface area (Å²) in [5.74, 6) is 1.07. The van der Waals surface area contributed by atoms with Crippen LogP contribution in [0.2, 0.25) is 0 Å². The second-order valence-electron chi connectivity index (χ2n) is 6.51. The third-order valence-corrected chi connectivity index (χ3v) is 4.82. The molecule has 0 spiro atoms. The maximum atomic E-state index is 12.6. The lowest BCUT2D eigenvalue weighted by Gasteiger charge is -2.33. The highest BCUT2D eigenvalue weighted by molar-refractivity contribution is 5.78. The molecule has 1 aliphatic heterocycles. The van der Waals surface area contributed by atoms with Crippen molar-refractivity contribution in [1.29, 1.82) is 0 Å². The fourth-order valence-corrected chi connectivity index (χ4v) is 3.25. The molecular weight excluding hydrogens is 286 g/mol. The Morgan fingerprint density at radius 2 is 1.96 bits per heavy atom. The van der Waals surface area contributed by atoms with Crippen LogP contribution in [0, 0.1) is 5.92 Å². The SMILES string of the molecule is CCN(Cc1ccccc1)C(=O)CN1CCC(CCNC)CC1. The van der Waals surface area contributed by atoms with Gasteiger partial charge in [-0.2, -0.15) is 0 Å². The largest absolute Gasteiger partial charge is 0.338 e. The topological polar surface area (TPSA) is 35.6 Å². The van der Waals surface area contributed by atoms with E-state index in [2.05, 4.69) is 29.3 Å². The molecule has 1 aromatic rings. The van der Waals surface area contributed by atoms with Gasteiger partial charge in [-0.25, -0.2) is 0 Å². The fourth-order valence-electron chi connectivity index (χ4n) is 3.25. The van der Waals surface area contributed by atoms with Crippen molar-refractivity contribution in [3.63, 3.8) is 0 Å². The van der Waals surface area contributed by atoms with E-state index in [1.54, 1.807) is 0 Å². The van der Waals surface area contributed by atoms with E-state index in [-0.39, 0.29) is 5.91 Å². The third kappa shape index (κ3) is 5.96. The molecule has 1 aliphatic rings. The highest BCUT2D eigenvalue weighted by atomic mass is 16.2. The predicted molar refractivity (Wildman–Crippen MR) is 95.2 cm³/mol. The van der Waals surface area contributed by atoms with Gasteiger partial charge in [0.1, 0.15) is 0 Å². The van der Waals surface area contributed by atoms with Gasteiger partial charge in [-0.15, -0.1) is 0 Å². The molecule has 2 rings (SSSR count). The molecule has 1 amide bonds. The molecule has 0 radical (unpaired) electrons. The summed E-state index contributed by atoms with van der Waals surface area (Å²) in [6, 6.07) is 10.2. The van der Waals surface area contributed by atoms with Gasteiger partial charge in [-0.3, -0.25) is 9.69 Å². The zero-order valence-corrected chi connectivity index (χ0v) is 14.6. The lowest BCUT2D eigenvalue weighted by molar-refractivity contribution is -0.133. The molecule has 4 nitrogen and oxygen atoms in total. The fraction of sp³-hybridized carbons (Fsp3) is 0.632. The third-order valence-electron chi connectivity index (χ3n) is 4.82. The number of likely N-dealkylation sites (N-methyl/N-ethyl adjacent to an activating group) is 1. The molecule has 0 unspecified atom stereocenters. The Morgan fingerprint density at radius 1 is 1.26 bits per heavy atom. The first kappa shape index (κ1) is 18.0. The number of benzene rings is 1. The number of nitrogens with one attached hydrogen (secondary N) is 1. The Hall–Kier alpha value is -1.39. The van der Waals surface area contributed by atoms with E-state index in [9.17, 15) is 4.79 Å². The van der Waals surface area contributed by atoms with Gasteiger partial charge in [-0.1, -0.05) is 30.3 Å². The van der Waals surface area contributed by atoms with Crippen LogP contribution in [0.4, 0.5) is 0 Å².